The standard InChI is InChI=1S/C19H18ClN3O2S/c1-26-19-21-16-7-8-23(11-15(16)18(24)22-19)10-14-5-6-17(25-14)12-3-2-4-13(20)9-12/h2-6,9H,7-8,10-11H2,1H3,(H,21,22,24). The van der Waals surface area contributed by atoms with Gasteiger partial charge in [0.25, 0.3) is 5.56 Å². The summed E-state index contributed by atoms with van der Waals surface area (Å²) in [5, 5.41) is 1.36. The molecular weight excluding hydrogens is 370 g/mol. The Kier molecular flexibility index (Phi) is 4.89. The largest absolute Gasteiger partial charge is 0.460 e. The van der Waals surface area contributed by atoms with Crippen molar-refractivity contribution in [3.63, 3.8) is 0 Å². The van der Waals surface area contributed by atoms with Crippen LogP contribution >= 0.6 is 23.4 Å². The van der Waals surface area contributed by atoms with Gasteiger partial charge < -0.3 is 9.40 Å². The molecule has 0 atom stereocenters. The second kappa shape index (κ2) is 7.31. The Balaban J connectivity index is 1.50. The van der Waals surface area contributed by atoms with Crippen LogP contribution in [0, 0.1) is 0 Å². The van der Waals surface area contributed by atoms with Gasteiger partial charge in [-0.1, -0.05) is 35.5 Å². The number of H-pyrrole nitrogens is 1. The minimum atomic E-state index is -0.0388. The molecule has 0 bridgehead atoms. The van der Waals surface area contributed by atoms with Crippen molar-refractivity contribution in [1.29, 1.82) is 0 Å². The molecule has 3 aromatic rings. The molecule has 0 amide bonds. The van der Waals surface area contributed by atoms with Crippen molar-refractivity contribution >= 4 is 23.4 Å². The number of hydrogen-bond donors (Lipinski definition) is 1. The fourth-order valence-electron chi connectivity index (χ4n) is 3.17. The van der Waals surface area contributed by atoms with Gasteiger partial charge in [-0.15, -0.1) is 0 Å². The van der Waals surface area contributed by atoms with Gasteiger partial charge in [-0.05, 0) is 30.5 Å². The topological polar surface area (TPSA) is 62.1 Å². The van der Waals surface area contributed by atoms with Crippen molar-refractivity contribution in [3.8, 4) is 11.3 Å². The van der Waals surface area contributed by atoms with E-state index in [1.54, 1.807) is 0 Å². The Morgan fingerprint density at radius 1 is 1.35 bits per heavy atom. The lowest BCUT2D eigenvalue weighted by Gasteiger charge is -2.26. The number of aromatic nitrogens is 2. The molecule has 26 heavy (non-hydrogen) atoms. The molecule has 4 rings (SSSR count). The van der Waals surface area contributed by atoms with Crippen molar-refractivity contribution in [2.45, 2.75) is 24.7 Å². The van der Waals surface area contributed by atoms with E-state index in [0.29, 0.717) is 23.3 Å². The maximum atomic E-state index is 12.3. The number of hydrogen-bond acceptors (Lipinski definition) is 5. The lowest BCUT2D eigenvalue weighted by Crippen LogP contribution is -2.35. The monoisotopic (exact) mass is 387 g/mol. The summed E-state index contributed by atoms with van der Waals surface area (Å²) in [5.74, 6) is 1.66. The number of halogens is 1. The lowest BCUT2D eigenvalue weighted by molar-refractivity contribution is 0.222. The SMILES string of the molecule is CSc1nc2c(c(=O)[nH]1)CN(Cc1ccc(-c3cccc(Cl)c3)o1)CC2. The quantitative estimate of drug-likeness (QED) is 0.542. The van der Waals surface area contributed by atoms with Crippen LogP contribution in [0.3, 0.4) is 0 Å². The zero-order chi connectivity index (χ0) is 18.1. The Morgan fingerprint density at radius 2 is 2.23 bits per heavy atom. The number of benzene rings is 1. The molecule has 1 N–H and O–H groups in total. The van der Waals surface area contributed by atoms with Crippen LogP contribution in [0.25, 0.3) is 11.3 Å². The summed E-state index contributed by atoms with van der Waals surface area (Å²) in [4.78, 5) is 21.9. The highest BCUT2D eigenvalue weighted by Gasteiger charge is 2.22. The summed E-state index contributed by atoms with van der Waals surface area (Å²) < 4.78 is 5.98. The molecule has 1 aliphatic rings. The number of thioether (sulfide) groups is 1. The first-order chi connectivity index (χ1) is 12.6. The summed E-state index contributed by atoms with van der Waals surface area (Å²) in [6.07, 6.45) is 2.68. The normalized spacial score (nSPS) is 14.4. The zero-order valence-electron chi connectivity index (χ0n) is 14.3. The van der Waals surface area contributed by atoms with E-state index >= 15 is 0 Å². The average Bonchev–Trinajstić information content (AvgIpc) is 3.10. The first-order valence-electron chi connectivity index (χ1n) is 8.35. The van der Waals surface area contributed by atoms with Crippen molar-refractivity contribution in [2.75, 3.05) is 12.8 Å². The average molecular weight is 388 g/mol. The minimum Gasteiger partial charge on any atom is -0.460 e. The van der Waals surface area contributed by atoms with Crippen molar-refractivity contribution in [3.05, 3.63) is 68.8 Å². The van der Waals surface area contributed by atoms with Gasteiger partial charge in [0.05, 0.1) is 17.8 Å². The summed E-state index contributed by atoms with van der Waals surface area (Å²) >= 11 is 7.51. The highest BCUT2D eigenvalue weighted by atomic mass is 35.5. The van der Waals surface area contributed by atoms with Gasteiger partial charge in [-0.25, -0.2) is 4.98 Å². The molecule has 2 aromatic heterocycles. The maximum absolute atomic E-state index is 12.3. The number of fused-ring (bicyclic) bond motifs is 1. The van der Waals surface area contributed by atoms with Gasteiger partial charge >= 0.3 is 0 Å². The summed E-state index contributed by atoms with van der Waals surface area (Å²) in [6, 6.07) is 11.5. The van der Waals surface area contributed by atoms with Gasteiger partial charge in [-0.3, -0.25) is 9.69 Å². The predicted octanol–water partition coefficient (Wildman–Crippen LogP) is 3.96. The zero-order valence-corrected chi connectivity index (χ0v) is 15.9. The van der Waals surface area contributed by atoms with Crippen LogP contribution in [0.4, 0.5) is 0 Å². The molecule has 0 spiro atoms. The van der Waals surface area contributed by atoms with Crippen LogP contribution in [0.5, 0.6) is 0 Å². The number of nitrogens with zero attached hydrogens (tertiary/aromatic N) is 2. The van der Waals surface area contributed by atoms with Gasteiger partial charge in [0.1, 0.15) is 11.5 Å². The Morgan fingerprint density at radius 3 is 3.04 bits per heavy atom. The fraction of sp³-hybridized carbons (Fsp3) is 0.263. The molecule has 1 aliphatic heterocycles. The van der Waals surface area contributed by atoms with Gasteiger partial charge in [0, 0.05) is 30.1 Å². The highest BCUT2D eigenvalue weighted by Crippen LogP contribution is 2.26. The predicted molar refractivity (Wildman–Crippen MR) is 104 cm³/mol. The van der Waals surface area contributed by atoms with Crippen molar-refractivity contribution < 1.29 is 4.42 Å². The first kappa shape index (κ1) is 17.4. The van der Waals surface area contributed by atoms with Gasteiger partial charge in [0.2, 0.25) is 0 Å². The van der Waals surface area contributed by atoms with Crippen LogP contribution < -0.4 is 5.56 Å². The van der Waals surface area contributed by atoms with Crippen LogP contribution in [0.15, 0.2) is 50.8 Å². The van der Waals surface area contributed by atoms with E-state index in [1.165, 1.54) is 11.8 Å². The van der Waals surface area contributed by atoms with E-state index in [9.17, 15) is 4.79 Å². The minimum absolute atomic E-state index is 0.0388. The third-order valence-electron chi connectivity index (χ3n) is 4.47. The third kappa shape index (κ3) is 3.58. The van der Waals surface area contributed by atoms with E-state index in [-0.39, 0.29) is 5.56 Å². The Hall–Kier alpha value is -2.02. The van der Waals surface area contributed by atoms with Gasteiger partial charge in [-0.2, -0.15) is 0 Å². The van der Waals surface area contributed by atoms with Crippen molar-refractivity contribution in [1.82, 2.24) is 14.9 Å². The van der Waals surface area contributed by atoms with E-state index in [4.69, 9.17) is 16.0 Å². The molecule has 0 saturated carbocycles. The van der Waals surface area contributed by atoms with Crippen LogP contribution in [-0.4, -0.2) is 27.7 Å². The summed E-state index contributed by atoms with van der Waals surface area (Å²) in [5.41, 5.74) is 2.59. The van der Waals surface area contributed by atoms with Crippen LogP contribution in [-0.2, 0) is 19.5 Å². The molecule has 1 aromatic carbocycles. The summed E-state index contributed by atoms with van der Waals surface area (Å²) in [6.45, 7) is 2.09. The maximum Gasteiger partial charge on any atom is 0.256 e. The summed E-state index contributed by atoms with van der Waals surface area (Å²) in [7, 11) is 0. The molecule has 0 aliphatic carbocycles. The Labute approximate surface area is 160 Å². The smallest absolute Gasteiger partial charge is 0.256 e. The molecular formula is C19H18ClN3O2S. The molecule has 5 nitrogen and oxygen atoms in total. The van der Waals surface area contributed by atoms with Crippen LogP contribution in [0.2, 0.25) is 5.02 Å². The number of aromatic amines is 1. The van der Waals surface area contributed by atoms with E-state index < -0.39 is 0 Å². The first-order valence-corrected chi connectivity index (χ1v) is 9.96. The van der Waals surface area contributed by atoms with Crippen molar-refractivity contribution in [2.24, 2.45) is 0 Å². The second-order valence-corrected chi connectivity index (χ2v) is 7.47. The molecule has 3 heterocycles. The van der Waals surface area contributed by atoms with E-state index in [0.717, 1.165) is 41.3 Å². The molecule has 0 saturated heterocycles. The van der Waals surface area contributed by atoms with E-state index in [1.807, 2.05) is 42.7 Å². The Bertz CT molecular complexity index is 998. The molecule has 0 unspecified atom stereocenters. The van der Waals surface area contributed by atoms with Gasteiger partial charge in [0.15, 0.2) is 5.16 Å². The number of furan rings is 1. The number of nitrogens with one attached hydrogen (secondary N) is 1. The third-order valence-corrected chi connectivity index (χ3v) is 5.28. The molecule has 134 valence electrons. The second-order valence-electron chi connectivity index (χ2n) is 6.24. The van der Waals surface area contributed by atoms with Crippen LogP contribution in [0.1, 0.15) is 17.0 Å². The number of rotatable bonds is 4. The lowest BCUT2D eigenvalue weighted by atomic mass is 10.1. The molecule has 0 fully saturated rings. The fourth-order valence-corrected chi connectivity index (χ4v) is 3.76. The van der Waals surface area contributed by atoms with E-state index in [2.05, 4.69) is 14.9 Å². The molecule has 0 radical (unpaired) electrons. The molecule has 7 heteroatoms. The highest BCUT2D eigenvalue weighted by molar-refractivity contribution is 7.98.